The van der Waals surface area contributed by atoms with Gasteiger partial charge in [0, 0.05) is 39.0 Å². The fraction of sp³-hybridized carbons (Fsp3) is 0.619. The first-order valence-corrected chi connectivity index (χ1v) is 9.83. The van der Waals surface area contributed by atoms with Crippen molar-refractivity contribution in [2.24, 2.45) is 5.92 Å². The molecule has 0 spiro atoms. The van der Waals surface area contributed by atoms with Crippen LogP contribution in [-0.4, -0.2) is 60.5 Å². The Morgan fingerprint density at radius 3 is 2.50 bits per heavy atom. The number of rotatable bonds is 5. The highest BCUT2D eigenvalue weighted by Crippen LogP contribution is 2.22. The highest BCUT2D eigenvalue weighted by Gasteiger charge is 2.32. The van der Waals surface area contributed by atoms with Crippen LogP contribution in [0.2, 0.25) is 0 Å². The van der Waals surface area contributed by atoms with Crippen LogP contribution >= 0.6 is 0 Å². The molecule has 2 aliphatic heterocycles. The summed E-state index contributed by atoms with van der Waals surface area (Å²) in [6.07, 6.45) is 4.84. The van der Waals surface area contributed by atoms with E-state index in [-0.39, 0.29) is 23.8 Å². The standard InChI is InChI=1S/C21H30N2O3/c1-17(24)22-12-10-19(11-13-22)21(25)23-14-15-26-20(16-23)9-5-8-18-6-3-2-4-7-18/h2-4,6-7,19-20H,5,8-16H2,1H3. The molecule has 0 bridgehead atoms. The fourth-order valence-corrected chi connectivity index (χ4v) is 3.97. The predicted octanol–water partition coefficient (Wildman–Crippen LogP) is 2.50. The number of carbonyl (C=O) groups excluding carboxylic acids is 2. The van der Waals surface area contributed by atoms with Crippen molar-refractivity contribution in [2.45, 2.75) is 45.1 Å². The number of aryl methyl sites for hydroxylation is 1. The van der Waals surface area contributed by atoms with Gasteiger partial charge in [-0.1, -0.05) is 30.3 Å². The molecule has 1 aromatic rings. The lowest BCUT2D eigenvalue weighted by Gasteiger charge is -2.37. The van der Waals surface area contributed by atoms with Crippen molar-refractivity contribution in [1.29, 1.82) is 0 Å². The number of hydrogen-bond acceptors (Lipinski definition) is 3. The maximum atomic E-state index is 12.8. The van der Waals surface area contributed by atoms with Crippen LogP contribution in [-0.2, 0) is 20.7 Å². The van der Waals surface area contributed by atoms with Crippen LogP contribution in [0.3, 0.4) is 0 Å². The molecule has 0 N–H and O–H groups in total. The third kappa shape index (κ3) is 5.07. The van der Waals surface area contributed by atoms with E-state index in [1.165, 1.54) is 5.56 Å². The summed E-state index contributed by atoms with van der Waals surface area (Å²) >= 11 is 0. The van der Waals surface area contributed by atoms with E-state index in [1.54, 1.807) is 6.92 Å². The minimum atomic E-state index is 0.0636. The summed E-state index contributed by atoms with van der Waals surface area (Å²) in [7, 11) is 0. The Bertz CT molecular complexity index is 597. The SMILES string of the molecule is CC(=O)N1CCC(C(=O)N2CCOC(CCCc3ccccc3)C2)CC1. The second kappa shape index (κ2) is 9.17. The second-order valence-electron chi connectivity index (χ2n) is 7.44. The summed E-state index contributed by atoms with van der Waals surface area (Å²) in [6.45, 7) is 5.05. The lowest BCUT2D eigenvalue weighted by Crippen LogP contribution is -2.50. The molecule has 5 heteroatoms. The first-order chi connectivity index (χ1) is 12.6. The third-order valence-electron chi connectivity index (χ3n) is 5.57. The second-order valence-corrected chi connectivity index (χ2v) is 7.44. The minimum absolute atomic E-state index is 0.0636. The van der Waals surface area contributed by atoms with Gasteiger partial charge in [0.05, 0.1) is 12.7 Å². The van der Waals surface area contributed by atoms with Gasteiger partial charge in [0.2, 0.25) is 11.8 Å². The van der Waals surface area contributed by atoms with E-state index in [0.717, 1.165) is 32.1 Å². The maximum Gasteiger partial charge on any atom is 0.225 e. The highest BCUT2D eigenvalue weighted by atomic mass is 16.5. The van der Waals surface area contributed by atoms with Crippen LogP contribution in [0, 0.1) is 5.92 Å². The lowest BCUT2D eigenvalue weighted by molar-refractivity contribution is -0.146. The molecule has 2 aliphatic rings. The van der Waals surface area contributed by atoms with Gasteiger partial charge in [0.15, 0.2) is 0 Å². The summed E-state index contributed by atoms with van der Waals surface area (Å²) < 4.78 is 5.89. The van der Waals surface area contributed by atoms with Crippen molar-refractivity contribution in [2.75, 3.05) is 32.8 Å². The summed E-state index contributed by atoms with van der Waals surface area (Å²) in [6, 6.07) is 10.5. The molecule has 26 heavy (non-hydrogen) atoms. The van der Waals surface area contributed by atoms with Gasteiger partial charge >= 0.3 is 0 Å². The first-order valence-electron chi connectivity index (χ1n) is 9.83. The molecular formula is C21H30N2O3. The molecule has 1 unspecified atom stereocenters. The van der Waals surface area contributed by atoms with Crippen molar-refractivity contribution in [3.8, 4) is 0 Å². The molecule has 1 atom stereocenters. The molecule has 2 fully saturated rings. The van der Waals surface area contributed by atoms with Crippen LogP contribution in [0.25, 0.3) is 0 Å². The van der Waals surface area contributed by atoms with Crippen LogP contribution in [0.15, 0.2) is 30.3 Å². The number of carbonyl (C=O) groups is 2. The first kappa shape index (κ1) is 18.9. The van der Waals surface area contributed by atoms with Crippen molar-refractivity contribution in [3.05, 3.63) is 35.9 Å². The highest BCUT2D eigenvalue weighted by molar-refractivity contribution is 5.80. The number of nitrogens with zero attached hydrogens (tertiary/aromatic N) is 2. The smallest absolute Gasteiger partial charge is 0.225 e. The normalized spacial score (nSPS) is 21.7. The monoisotopic (exact) mass is 358 g/mol. The van der Waals surface area contributed by atoms with Crippen molar-refractivity contribution in [1.82, 2.24) is 9.80 Å². The Balaban J connectivity index is 1.43. The lowest BCUT2D eigenvalue weighted by atomic mass is 9.94. The molecule has 0 aliphatic carbocycles. The summed E-state index contributed by atoms with van der Waals surface area (Å²) in [5.41, 5.74) is 1.36. The van der Waals surface area contributed by atoms with Crippen LogP contribution in [0.4, 0.5) is 0 Å². The average Bonchev–Trinajstić information content (AvgIpc) is 2.68. The van der Waals surface area contributed by atoms with E-state index in [9.17, 15) is 9.59 Å². The molecule has 0 aromatic heterocycles. The number of morpholine rings is 1. The van der Waals surface area contributed by atoms with Gasteiger partial charge in [-0.25, -0.2) is 0 Å². The van der Waals surface area contributed by atoms with E-state index < -0.39 is 0 Å². The molecular weight excluding hydrogens is 328 g/mol. The van der Waals surface area contributed by atoms with E-state index in [4.69, 9.17) is 4.74 Å². The number of likely N-dealkylation sites (tertiary alicyclic amines) is 1. The van der Waals surface area contributed by atoms with Gasteiger partial charge in [0.25, 0.3) is 0 Å². The molecule has 142 valence electrons. The van der Waals surface area contributed by atoms with Crippen LogP contribution < -0.4 is 0 Å². The molecule has 1 aromatic carbocycles. The maximum absolute atomic E-state index is 12.8. The predicted molar refractivity (Wildman–Crippen MR) is 101 cm³/mol. The Kier molecular flexibility index (Phi) is 6.67. The van der Waals surface area contributed by atoms with Gasteiger partial charge < -0.3 is 14.5 Å². The average molecular weight is 358 g/mol. The molecule has 2 saturated heterocycles. The zero-order chi connectivity index (χ0) is 18.4. The summed E-state index contributed by atoms with van der Waals surface area (Å²) in [5, 5.41) is 0. The van der Waals surface area contributed by atoms with E-state index in [2.05, 4.69) is 24.3 Å². The topological polar surface area (TPSA) is 49.9 Å². The van der Waals surface area contributed by atoms with Crippen molar-refractivity contribution in [3.63, 3.8) is 0 Å². The Morgan fingerprint density at radius 2 is 1.81 bits per heavy atom. The number of amides is 2. The molecule has 2 heterocycles. The molecule has 3 rings (SSSR count). The fourth-order valence-electron chi connectivity index (χ4n) is 3.97. The zero-order valence-corrected chi connectivity index (χ0v) is 15.7. The van der Waals surface area contributed by atoms with Gasteiger partial charge in [0.1, 0.15) is 0 Å². The van der Waals surface area contributed by atoms with E-state index in [1.807, 2.05) is 15.9 Å². The van der Waals surface area contributed by atoms with Gasteiger partial charge in [-0.05, 0) is 37.7 Å². The quantitative estimate of drug-likeness (QED) is 0.813. The Morgan fingerprint density at radius 1 is 1.08 bits per heavy atom. The number of ether oxygens (including phenoxy) is 1. The molecule has 5 nitrogen and oxygen atoms in total. The Labute approximate surface area is 156 Å². The van der Waals surface area contributed by atoms with E-state index in [0.29, 0.717) is 32.8 Å². The molecule has 0 saturated carbocycles. The summed E-state index contributed by atoms with van der Waals surface area (Å²) in [4.78, 5) is 28.1. The number of piperidine rings is 1. The van der Waals surface area contributed by atoms with Crippen LogP contribution in [0.1, 0.15) is 38.2 Å². The molecule has 0 radical (unpaired) electrons. The van der Waals surface area contributed by atoms with Gasteiger partial charge in [-0.3, -0.25) is 9.59 Å². The number of benzene rings is 1. The largest absolute Gasteiger partial charge is 0.375 e. The number of hydrogen-bond donors (Lipinski definition) is 0. The summed E-state index contributed by atoms with van der Waals surface area (Å²) in [5.74, 6) is 0.430. The van der Waals surface area contributed by atoms with Gasteiger partial charge in [-0.15, -0.1) is 0 Å². The van der Waals surface area contributed by atoms with Crippen LogP contribution in [0.5, 0.6) is 0 Å². The minimum Gasteiger partial charge on any atom is -0.375 e. The van der Waals surface area contributed by atoms with Crippen molar-refractivity contribution < 1.29 is 14.3 Å². The van der Waals surface area contributed by atoms with E-state index >= 15 is 0 Å². The van der Waals surface area contributed by atoms with Gasteiger partial charge in [-0.2, -0.15) is 0 Å². The molecule has 2 amide bonds. The Hall–Kier alpha value is -1.88. The third-order valence-corrected chi connectivity index (χ3v) is 5.57. The zero-order valence-electron chi connectivity index (χ0n) is 15.7. The van der Waals surface area contributed by atoms with Crippen molar-refractivity contribution >= 4 is 11.8 Å².